The fourth-order valence-electron chi connectivity index (χ4n) is 2.25. The Bertz CT molecular complexity index is 415. The van der Waals surface area contributed by atoms with E-state index in [4.69, 9.17) is 5.11 Å². The summed E-state index contributed by atoms with van der Waals surface area (Å²) in [7, 11) is 0. The Balaban J connectivity index is 2.03. The molecule has 2 rings (SSSR count). The van der Waals surface area contributed by atoms with Crippen LogP contribution in [0, 0.1) is 0 Å². The van der Waals surface area contributed by atoms with E-state index in [9.17, 15) is 13.2 Å². The minimum Gasteiger partial charge on any atom is -0.395 e. The van der Waals surface area contributed by atoms with Gasteiger partial charge in [-0.05, 0) is 18.2 Å². The predicted molar refractivity (Wildman–Crippen MR) is 67.2 cm³/mol. The van der Waals surface area contributed by atoms with Crippen LogP contribution in [0.1, 0.15) is 5.56 Å². The van der Waals surface area contributed by atoms with Gasteiger partial charge in [0.25, 0.3) is 0 Å². The molecule has 1 fully saturated rings. The maximum atomic E-state index is 12.6. The minimum atomic E-state index is -4.30. The molecule has 1 aromatic rings. The number of anilines is 1. The lowest BCUT2D eigenvalue weighted by Gasteiger charge is -2.36. The van der Waals surface area contributed by atoms with Crippen molar-refractivity contribution in [2.45, 2.75) is 6.18 Å². The molecule has 0 unspecified atom stereocenters. The number of nitrogens with zero attached hydrogens (tertiary/aromatic N) is 2. The second-order valence-electron chi connectivity index (χ2n) is 4.60. The van der Waals surface area contributed by atoms with E-state index >= 15 is 0 Å². The van der Waals surface area contributed by atoms with Gasteiger partial charge in [0.2, 0.25) is 0 Å². The van der Waals surface area contributed by atoms with Crippen LogP contribution in [-0.4, -0.2) is 49.3 Å². The van der Waals surface area contributed by atoms with Crippen molar-refractivity contribution >= 4 is 5.69 Å². The van der Waals surface area contributed by atoms with Crippen molar-refractivity contribution in [3.8, 4) is 0 Å². The summed E-state index contributed by atoms with van der Waals surface area (Å²) < 4.78 is 37.9. The SMILES string of the molecule is OCCN1CCN(c2cccc(C(F)(F)F)c2)CC1. The fourth-order valence-corrected chi connectivity index (χ4v) is 2.25. The van der Waals surface area contributed by atoms with E-state index in [2.05, 4.69) is 4.90 Å². The number of aliphatic hydroxyl groups excluding tert-OH is 1. The van der Waals surface area contributed by atoms with Crippen molar-refractivity contribution in [2.24, 2.45) is 0 Å². The van der Waals surface area contributed by atoms with Crippen molar-refractivity contribution in [1.82, 2.24) is 4.90 Å². The van der Waals surface area contributed by atoms with Crippen LogP contribution >= 0.6 is 0 Å². The summed E-state index contributed by atoms with van der Waals surface area (Å²) in [6.45, 7) is 3.62. The largest absolute Gasteiger partial charge is 0.416 e. The van der Waals surface area contributed by atoms with E-state index < -0.39 is 11.7 Å². The Morgan fingerprint density at radius 1 is 1.11 bits per heavy atom. The molecule has 0 aliphatic carbocycles. The van der Waals surface area contributed by atoms with Crippen molar-refractivity contribution in [1.29, 1.82) is 0 Å². The highest BCUT2D eigenvalue weighted by Crippen LogP contribution is 2.31. The zero-order valence-electron chi connectivity index (χ0n) is 10.5. The molecule has 1 saturated heterocycles. The number of piperazine rings is 1. The highest BCUT2D eigenvalue weighted by molar-refractivity contribution is 5.49. The van der Waals surface area contributed by atoms with Crippen LogP contribution < -0.4 is 4.90 Å². The van der Waals surface area contributed by atoms with Gasteiger partial charge in [0, 0.05) is 38.4 Å². The number of β-amino-alcohol motifs (C(OH)–C–C–N with tert-alkyl or cyclic N) is 1. The number of alkyl halides is 3. The van der Waals surface area contributed by atoms with Gasteiger partial charge in [-0.2, -0.15) is 13.2 Å². The molecule has 1 aliphatic heterocycles. The van der Waals surface area contributed by atoms with Crippen molar-refractivity contribution in [3.63, 3.8) is 0 Å². The third kappa shape index (κ3) is 3.61. The number of halogens is 3. The monoisotopic (exact) mass is 274 g/mol. The van der Waals surface area contributed by atoms with E-state index in [1.807, 2.05) is 4.90 Å². The Morgan fingerprint density at radius 2 is 1.79 bits per heavy atom. The van der Waals surface area contributed by atoms with Crippen molar-refractivity contribution < 1.29 is 18.3 Å². The summed E-state index contributed by atoms with van der Waals surface area (Å²) in [6.07, 6.45) is -4.30. The molecule has 19 heavy (non-hydrogen) atoms. The predicted octanol–water partition coefficient (Wildman–Crippen LogP) is 1.82. The van der Waals surface area contributed by atoms with Crippen LogP contribution in [0.4, 0.5) is 18.9 Å². The molecule has 0 saturated carbocycles. The van der Waals surface area contributed by atoms with Crippen LogP contribution in [0.5, 0.6) is 0 Å². The summed E-state index contributed by atoms with van der Waals surface area (Å²) in [5.41, 5.74) is 0.00117. The summed E-state index contributed by atoms with van der Waals surface area (Å²) >= 11 is 0. The summed E-state index contributed by atoms with van der Waals surface area (Å²) in [4.78, 5) is 4.05. The molecular weight excluding hydrogens is 257 g/mol. The van der Waals surface area contributed by atoms with Crippen LogP contribution in [-0.2, 0) is 6.18 Å². The van der Waals surface area contributed by atoms with Gasteiger partial charge in [-0.15, -0.1) is 0 Å². The molecule has 1 aromatic carbocycles. The lowest BCUT2D eigenvalue weighted by atomic mass is 10.1. The fraction of sp³-hybridized carbons (Fsp3) is 0.538. The molecule has 0 amide bonds. The molecule has 6 heteroatoms. The van der Waals surface area contributed by atoms with Gasteiger partial charge in [0.1, 0.15) is 0 Å². The molecule has 0 spiro atoms. The number of hydrogen-bond acceptors (Lipinski definition) is 3. The van der Waals surface area contributed by atoms with Gasteiger partial charge in [-0.25, -0.2) is 0 Å². The lowest BCUT2D eigenvalue weighted by Crippen LogP contribution is -2.47. The van der Waals surface area contributed by atoms with Crippen molar-refractivity contribution in [2.75, 3.05) is 44.2 Å². The maximum absolute atomic E-state index is 12.6. The first-order valence-corrected chi connectivity index (χ1v) is 6.26. The Hall–Kier alpha value is -1.27. The molecule has 1 heterocycles. The first-order valence-electron chi connectivity index (χ1n) is 6.26. The zero-order chi connectivity index (χ0) is 13.9. The Labute approximate surface area is 110 Å². The zero-order valence-corrected chi connectivity index (χ0v) is 10.5. The quantitative estimate of drug-likeness (QED) is 0.911. The molecule has 3 nitrogen and oxygen atoms in total. The van der Waals surface area contributed by atoms with Crippen LogP contribution in [0.25, 0.3) is 0 Å². The summed E-state index contributed by atoms with van der Waals surface area (Å²) in [5.74, 6) is 0. The molecule has 0 radical (unpaired) electrons. The van der Waals surface area contributed by atoms with Crippen LogP contribution in [0.3, 0.4) is 0 Å². The van der Waals surface area contributed by atoms with E-state index in [1.165, 1.54) is 12.1 Å². The average Bonchev–Trinajstić information content (AvgIpc) is 2.39. The van der Waals surface area contributed by atoms with Gasteiger partial charge < -0.3 is 10.0 Å². The number of rotatable bonds is 3. The van der Waals surface area contributed by atoms with E-state index in [0.717, 1.165) is 19.2 Å². The highest BCUT2D eigenvalue weighted by Gasteiger charge is 2.31. The van der Waals surface area contributed by atoms with Gasteiger partial charge >= 0.3 is 6.18 Å². The van der Waals surface area contributed by atoms with E-state index in [1.54, 1.807) is 6.07 Å². The molecular formula is C13H17F3N2O. The van der Waals surface area contributed by atoms with Crippen LogP contribution in [0.2, 0.25) is 0 Å². The van der Waals surface area contributed by atoms with Crippen molar-refractivity contribution in [3.05, 3.63) is 29.8 Å². The molecule has 0 atom stereocenters. The first kappa shape index (κ1) is 14.1. The van der Waals surface area contributed by atoms with E-state index in [0.29, 0.717) is 25.3 Å². The average molecular weight is 274 g/mol. The second kappa shape index (κ2) is 5.79. The number of benzene rings is 1. The molecule has 0 bridgehead atoms. The summed E-state index contributed by atoms with van der Waals surface area (Å²) in [5, 5.41) is 8.85. The van der Waals surface area contributed by atoms with Gasteiger partial charge in [-0.1, -0.05) is 6.07 Å². The Kier molecular flexibility index (Phi) is 4.31. The third-order valence-electron chi connectivity index (χ3n) is 3.33. The van der Waals surface area contributed by atoms with Gasteiger partial charge in [-0.3, -0.25) is 4.90 Å². The normalized spacial score (nSPS) is 17.8. The van der Waals surface area contributed by atoms with E-state index in [-0.39, 0.29) is 6.61 Å². The van der Waals surface area contributed by atoms with Gasteiger partial charge in [0.15, 0.2) is 0 Å². The standard InChI is InChI=1S/C13H17F3N2O/c14-13(15,16)11-2-1-3-12(10-11)18-6-4-17(5-7-18)8-9-19/h1-3,10,19H,4-9H2. The lowest BCUT2D eigenvalue weighted by molar-refractivity contribution is -0.137. The highest BCUT2D eigenvalue weighted by atomic mass is 19.4. The van der Waals surface area contributed by atoms with Crippen LogP contribution in [0.15, 0.2) is 24.3 Å². The first-order chi connectivity index (χ1) is 9.00. The second-order valence-corrected chi connectivity index (χ2v) is 4.60. The molecule has 1 aliphatic rings. The smallest absolute Gasteiger partial charge is 0.395 e. The Morgan fingerprint density at radius 3 is 2.37 bits per heavy atom. The molecule has 0 aromatic heterocycles. The van der Waals surface area contributed by atoms with Gasteiger partial charge in [0.05, 0.1) is 12.2 Å². The minimum absolute atomic E-state index is 0.115. The molecule has 106 valence electrons. The summed E-state index contributed by atoms with van der Waals surface area (Å²) in [6, 6.07) is 5.43. The maximum Gasteiger partial charge on any atom is 0.416 e. The third-order valence-corrected chi connectivity index (χ3v) is 3.33. The topological polar surface area (TPSA) is 26.7 Å². The number of hydrogen-bond donors (Lipinski definition) is 1. The number of aliphatic hydroxyl groups is 1. The molecule has 1 N–H and O–H groups in total.